The van der Waals surface area contributed by atoms with E-state index in [1.165, 1.54) is 5.01 Å². The van der Waals surface area contributed by atoms with Gasteiger partial charge in [0.15, 0.2) is 0 Å². The van der Waals surface area contributed by atoms with Crippen molar-refractivity contribution in [2.75, 3.05) is 6.54 Å². The van der Waals surface area contributed by atoms with E-state index >= 15 is 0 Å². The molecule has 1 heterocycles. The quantitative estimate of drug-likeness (QED) is 0.792. The van der Waals surface area contributed by atoms with Crippen LogP contribution in [0.1, 0.15) is 40.0 Å². The summed E-state index contributed by atoms with van der Waals surface area (Å²) in [5.41, 5.74) is 0.185. The van der Waals surface area contributed by atoms with Crippen LogP contribution in [0.15, 0.2) is 5.10 Å². The highest BCUT2D eigenvalue weighted by atomic mass is 16.4. The minimum atomic E-state index is -1.03. The molecule has 0 unspecified atom stereocenters. The minimum Gasteiger partial charge on any atom is -0.477 e. The summed E-state index contributed by atoms with van der Waals surface area (Å²) in [5.74, 6) is -1.12. The summed E-state index contributed by atoms with van der Waals surface area (Å²) in [6.45, 7) is 6.70. The van der Waals surface area contributed by atoms with Crippen LogP contribution in [0, 0.1) is 5.41 Å². The van der Waals surface area contributed by atoms with E-state index in [1.54, 1.807) is 0 Å². The third-order valence-electron chi connectivity index (χ3n) is 2.43. The smallest absolute Gasteiger partial charge is 0.352 e. The summed E-state index contributed by atoms with van der Waals surface area (Å²) >= 11 is 0. The Hall–Kier alpha value is -1.39. The predicted molar refractivity (Wildman–Crippen MR) is 60.1 cm³/mol. The zero-order valence-corrected chi connectivity index (χ0v) is 9.99. The van der Waals surface area contributed by atoms with Crippen LogP contribution >= 0.6 is 0 Å². The molecule has 0 fully saturated rings. The number of carboxylic acid groups (broad SMARTS) is 1. The predicted octanol–water partition coefficient (Wildman–Crippen LogP) is 1.49. The van der Waals surface area contributed by atoms with Crippen molar-refractivity contribution in [3.05, 3.63) is 0 Å². The van der Waals surface area contributed by atoms with Crippen molar-refractivity contribution < 1.29 is 14.7 Å². The molecular formula is C11H18N2O3. The van der Waals surface area contributed by atoms with Crippen LogP contribution in [0.2, 0.25) is 0 Å². The van der Waals surface area contributed by atoms with Gasteiger partial charge >= 0.3 is 5.97 Å². The van der Waals surface area contributed by atoms with E-state index in [0.717, 1.165) is 6.42 Å². The number of carboxylic acids is 1. The van der Waals surface area contributed by atoms with Gasteiger partial charge in [0, 0.05) is 19.4 Å². The summed E-state index contributed by atoms with van der Waals surface area (Å²) in [4.78, 5) is 22.2. The number of hydrogen-bond donors (Lipinski definition) is 1. The summed E-state index contributed by atoms with van der Waals surface area (Å²) in [5, 5.41) is 14.0. The van der Waals surface area contributed by atoms with Crippen LogP contribution in [0.3, 0.4) is 0 Å². The molecule has 0 radical (unpaired) electrons. The summed E-state index contributed by atoms with van der Waals surface area (Å²) in [7, 11) is 0. The fraction of sp³-hybridized carbons (Fsp3) is 0.727. The molecule has 0 bridgehead atoms. The van der Waals surface area contributed by atoms with Crippen LogP contribution in [-0.4, -0.2) is 34.2 Å². The molecule has 1 aliphatic heterocycles. The van der Waals surface area contributed by atoms with E-state index < -0.39 is 5.97 Å². The Bertz CT molecular complexity index is 329. The molecule has 5 heteroatoms. The van der Waals surface area contributed by atoms with Gasteiger partial charge in [0.25, 0.3) is 0 Å². The average molecular weight is 226 g/mol. The Morgan fingerprint density at radius 1 is 1.44 bits per heavy atom. The summed E-state index contributed by atoms with van der Waals surface area (Å²) in [6.07, 6.45) is 1.28. The standard InChI is InChI=1S/C11H18N2O3/c1-11(2,3)6-7-13-9(14)5-4-8(12-13)10(15)16/h4-7H2,1-3H3,(H,15,16). The lowest BCUT2D eigenvalue weighted by Gasteiger charge is -2.26. The number of rotatable bonds is 3. The molecule has 0 aromatic carbocycles. The molecule has 0 aliphatic carbocycles. The molecule has 1 rings (SSSR count). The minimum absolute atomic E-state index is 0.0773. The van der Waals surface area contributed by atoms with Crippen LogP contribution in [0.4, 0.5) is 0 Å². The molecule has 1 aliphatic rings. The Labute approximate surface area is 95.1 Å². The Kier molecular flexibility index (Phi) is 3.67. The first-order valence-corrected chi connectivity index (χ1v) is 5.41. The maximum absolute atomic E-state index is 11.5. The Balaban J connectivity index is 2.66. The van der Waals surface area contributed by atoms with E-state index in [0.29, 0.717) is 6.54 Å². The summed E-state index contributed by atoms with van der Waals surface area (Å²) < 4.78 is 0. The third-order valence-corrected chi connectivity index (χ3v) is 2.43. The molecule has 1 amide bonds. The monoisotopic (exact) mass is 226 g/mol. The molecule has 0 saturated heterocycles. The molecule has 5 nitrogen and oxygen atoms in total. The number of hydrazone groups is 1. The molecule has 90 valence electrons. The fourth-order valence-corrected chi connectivity index (χ4v) is 1.37. The van der Waals surface area contributed by atoms with Crippen LogP contribution < -0.4 is 0 Å². The first kappa shape index (κ1) is 12.7. The van der Waals surface area contributed by atoms with Gasteiger partial charge in [-0.2, -0.15) is 5.10 Å². The van der Waals surface area contributed by atoms with Crippen molar-refractivity contribution >= 4 is 17.6 Å². The summed E-state index contributed by atoms with van der Waals surface area (Å²) in [6, 6.07) is 0. The second-order valence-electron chi connectivity index (χ2n) is 5.18. The Morgan fingerprint density at radius 3 is 2.56 bits per heavy atom. The third kappa shape index (κ3) is 3.64. The number of nitrogens with zero attached hydrogens (tertiary/aromatic N) is 2. The van der Waals surface area contributed by atoms with Gasteiger partial charge in [-0.3, -0.25) is 4.79 Å². The van der Waals surface area contributed by atoms with Gasteiger partial charge in [-0.1, -0.05) is 20.8 Å². The Morgan fingerprint density at radius 2 is 2.06 bits per heavy atom. The largest absolute Gasteiger partial charge is 0.477 e. The van der Waals surface area contributed by atoms with Crippen molar-refractivity contribution in [3.63, 3.8) is 0 Å². The highest BCUT2D eigenvalue weighted by molar-refractivity contribution is 6.36. The van der Waals surface area contributed by atoms with Crippen molar-refractivity contribution in [2.24, 2.45) is 10.5 Å². The fourth-order valence-electron chi connectivity index (χ4n) is 1.37. The van der Waals surface area contributed by atoms with Crippen molar-refractivity contribution in [2.45, 2.75) is 40.0 Å². The lowest BCUT2D eigenvalue weighted by atomic mass is 9.92. The second-order valence-corrected chi connectivity index (χ2v) is 5.18. The molecule has 0 atom stereocenters. The van der Waals surface area contributed by atoms with Crippen molar-refractivity contribution in [3.8, 4) is 0 Å². The lowest BCUT2D eigenvalue weighted by Crippen LogP contribution is -2.36. The normalized spacial score (nSPS) is 17.3. The van der Waals surface area contributed by atoms with Gasteiger partial charge < -0.3 is 5.11 Å². The number of amides is 1. The van der Waals surface area contributed by atoms with Crippen LogP contribution in [0.25, 0.3) is 0 Å². The van der Waals surface area contributed by atoms with E-state index in [-0.39, 0.29) is 29.9 Å². The van der Waals surface area contributed by atoms with E-state index in [9.17, 15) is 9.59 Å². The molecule has 1 N–H and O–H groups in total. The number of hydrogen-bond acceptors (Lipinski definition) is 3. The number of aliphatic carboxylic acids is 1. The van der Waals surface area contributed by atoms with Crippen molar-refractivity contribution in [1.29, 1.82) is 0 Å². The van der Waals surface area contributed by atoms with Gasteiger partial charge in [0.2, 0.25) is 5.91 Å². The number of carbonyl (C=O) groups excluding carboxylic acids is 1. The average Bonchev–Trinajstić information content (AvgIpc) is 2.14. The molecule has 0 saturated carbocycles. The van der Waals surface area contributed by atoms with Crippen LogP contribution in [0.5, 0.6) is 0 Å². The van der Waals surface area contributed by atoms with Gasteiger partial charge in [0.05, 0.1) is 0 Å². The maximum Gasteiger partial charge on any atom is 0.352 e. The molecule has 0 spiro atoms. The molecule has 16 heavy (non-hydrogen) atoms. The first-order chi connectivity index (χ1) is 7.29. The van der Waals surface area contributed by atoms with E-state index in [1.807, 2.05) is 0 Å². The highest BCUT2D eigenvalue weighted by Gasteiger charge is 2.24. The van der Waals surface area contributed by atoms with Gasteiger partial charge in [0.1, 0.15) is 5.71 Å². The maximum atomic E-state index is 11.5. The zero-order chi connectivity index (χ0) is 12.3. The lowest BCUT2D eigenvalue weighted by molar-refractivity contribution is -0.133. The zero-order valence-electron chi connectivity index (χ0n) is 9.99. The SMILES string of the molecule is CC(C)(C)CCN1N=C(C(=O)O)CCC1=O. The molecule has 0 aromatic heterocycles. The molecule has 0 aromatic rings. The second kappa shape index (κ2) is 4.63. The number of carbonyl (C=O) groups is 2. The van der Waals surface area contributed by atoms with E-state index in [2.05, 4.69) is 25.9 Å². The van der Waals surface area contributed by atoms with Crippen LogP contribution in [-0.2, 0) is 9.59 Å². The molecular weight excluding hydrogens is 208 g/mol. The van der Waals surface area contributed by atoms with Gasteiger partial charge in [-0.15, -0.1) is 0 Å². The van der Waals surface area contributed by atoms with Gasteiger partial charge in [-0.25, -0.2) is 9.80 Å². The first-order valence-electron chi connectivity index (χ1n) is 5.41. The van der Waals surface area contributed by atoms with Gasteiger partial charge in [-0.05, 0) is 11.8 Å². The topological polar surface area (TPSA) is 70.0 Å². The highest BCUT2D eigenvalue weighted by Crippen LogP contribution is 2.20. The van der Waals surface area contributed by atoms with E-state index in [4.69, 9.17) is 5.11 Å². The van der Waals surface area contributed by atoms with Crippen molar-refractivity contribution in [1.82, 2.24) is 5.01 Å².